The molecule has 8 N–H and O–H groups in total. The van der Waals surface area contributed by atoms with E-state index in [1.807, 2.05) is 0 Å². The molecule has 0 aromatic heterocycles. The van der Waals surface area contributed by atoms with Crippen LogP contribution in [-0.4, -0.2) is 81.4 Å². The minimum atomic E-state index is -0.975. The fraction of sp³-hybridized carbons (Fsp3) is 0.923. The van der Waals surface area contributed by atoms with Crippen LogP contribution in [0.25, 0.3) is 0 Å². The number of rotatable bonds is 12. The Bertz CT molecular complexity index is 1610. The number of Topliss-reactive ketones (excluding diaryl/α,β-unsaturated/α-hetero) is 2. The number of hydrogen-bond donors (Lipinski definition) is 6. The van der Waals surface area contributed by atoms with Crippen LogP contribution in [0.15, 0.2) is 0 Å². The summed E-state index contributed by atoms with van der Waals surface area (Å²) in [5.41, 5.74) is 11.4. The van der Waals surface area contributed by atoms with Crippen LogP contribution in [0.5, 0.6) is 0 Å². The number of aliphatic hydroxyl groups is 4. The van der Waals surface area contributed by atoms with Crippen molar-refractivity contribution in [3.63, 3.8) is 0 Å². The smallest absolute Gasteiger partial charge is 0.550 e. The Balaban J connectivity index is 0.000000212. The summed E-state index contributed by atoms with van der Waals surface area (Å²) in [7, 11) is 0. The molecule has 0 amide bonds. The Hall–Kier alpha value is -1.44. The van der Waals surface area contributed by atoms with E-state index in [2.05, 4.69) is 41.5 Å². The molecule has 0 aromatic rings. The molecule has 0 aliphatic heterocycles. The van der Waals surface area contributed by atoms with Gasteiger partial charge in [0, 0.05) is 23.8 Å². The predicted molar refractivity (Wildman–Crippen MR) is 238 cm³/mol. The van der Waals surface area contributed by atoms with E-state index >= 15 is 0 Å². The zero-order chi connectivity index (χ0) is 46.8. The third kappa shape index (κ3) is 9.13. The second kappa shape index (κ2) is 20.1. The van der Waals surface area contributed by atoms with Crippen LogP contribution in [0.3, 0.4) is 0 Å². The van der Waals surface area contributed by atoms with Crippen molar-refractivity contribution in [3.05, 3.63) is 0 Å². The van der Waals surface area contributed by atoms with E-state index in [0.717, 1.165) is 51.4 Å². The van der Waals surface area contributed by atoms with Crippen LogP contribution >= 0.6 is 0 Å². The Morgan fingerprint density at radius 3 is 1.23 bits per heavy atom. The van der Waals surface area contributed by atoms with Crippen molar-refractivity contribution in [2.24, 2.45) is 116 Å². The summed E-state index contributed by atoms with van der Waals surface area (Å²) >= 11 is 0. The molecule has 12 nitrogen and oxygen atoms in total. The summed E-state index contributed by atoms with van der Waals surface area (Å²) < 4.78 is 0. The first-order valence-electron chi connectivity index (χ1n) is 25.6. The number of ketones is 2. The molecule has 10 unspecified atom stereocenters. The van der Waals surface area contributed by atoms with Gasteiger partial charge >= 0.3 is 17.1 Å². The van der Waals surface area contributed by atoms with Crippen molar-refractivity contribution in [2.45, 2.75) is 182 Å². The van der Waals surface area contributed by atoms with Gasteiger partial charge in [0.05, 0.1) is 37.5 Å². The molecule has 8 rings (SSSR count). The van der Waals surface area contributed by atoms with Gasteiger partial charge in [-0.3, -0.25) is 9.59 Å². The van der Waals surface area contributed by atoms with E-state index in [0.29, 0.717) is 86.9 Å². The van der Waals surface area contributed by atoms with E-state index in [-0.39, 0.29) is 124 Å². The van der Waals surface area contributed by atoms with Gasteiger partial charge in [-0.1, -0.05) is 41.5 Å². The fourth-order valence-electron chi connectivity index (χ4n) is 18.9. The largest absolute Gasteiger partial charge is 2.00 e. The second-order valence-corrected chi connectivity index (χ2v) is 24.2. The van der Waals surface area contributed by atoms with Gasteiger partial charge in [0.15, 0.2) is 0 Å². The van der Waals surface area contributed by atoms with E-state index < -0.39 is 36.4 Å². The van der Waals surface area contributed by atoms with Crippen molar-refractivity contribution in [1.29, 1.82) is 0 Å². The first-order valence-corrected chi connectivity index (χ1v) is 25.6. The van der Waals surface area contributed by atoms with Gasteiger partial charge in [0.1, 0.15) is 11.6 Å². The zero-order valence-corrected chi connectivity index (χ0v) is 41.4. The SMILES string of the molecule is C[C@H](CCC(=O)[O-])[C@H]1CCC2C3C(CC[C@@]21C)[C@]1(C)C(C[C@H](O)CC1C(=O)CN)C[C@H]3O.C[C@H](CCC(=O)[O-])[C@H]1CCC2C3C(CC[C@@]21C)[C@]1(C)C(C[C@H](O)CC1C(=O)CN)C[C@H]3O.[Fe+2]. The van der Waals surface area contributed by atoms with Gasteiger partial charge < -0.3 is 51.7 Å². The number of aliphatic carboxylic acids is 2. The number of fused-ring (bicyclic) bond motifs is 10. The Labute approximate surface area is 399 Å². The van der Waals surface area contributed by atoms with Crippen molar-refractivity contribution < 1.29 is 66.9 Å². The average molecular weight is 953 g/mol. The fourth-order valence-corrected chi connectivity index (χ4v) is 18.9. The van der Waals surface area contributed by atoms with Crippen molar-refractivity contribution in [1.82, 2.24) is 0 Å². The van der Waals surface area contributed by atoms with Crippen LogP contribution in [0.4, 0.5) is 0 Å². The van der Waals surface area contributed by atoms with Crippen LogP contribution in [-0.2, 0) is 36.2 Å². The van der Waals surface area contributed by atoms with Gasteiger partial charge in [-0.05, 0) is 208 Å². The Morgan fingerprint density at radius 2 is 0.908 bits per heavy atom. The summed E-state index contributed by atoms with van der Waals surface area (Å²) in [5.74, 6) is 1.18. The summed E-state index contributed by atoms with van der Waals surface area (Å²) in [5, 5.41) is 65.9. The zero-order valence-electron chi connectivity index (χ0n) is 40.3. The molecular weight excluding hydrogens is 868 g/mol. The summed E-state index contributed by atoms with van der Waals surface area (Å²) in [6.45, 7) is 13.6. The van der Waals surface area contributed by atoms with E-state index in [9.17, 15) is 49.8 Å². The number of hydrogen-bond acceptors (Lipinski definition) is 12. The van der Waals surface area contributed by atoms with E-state index in [4.69, 9.17) is 11.5 Å². The number of carbonyl (C=O) groups is 4. The van der Waals surface area contributed by atoms with Crippen molar-refractivity contribution in [2.75, 3.05) is 13.1 Å². The minimum Gasteiger partial charge on any atom is -0.550 e. The standard InChI is InChI=1S/2C26H43NO5.Fe/c2*1-14(4-7-23(31)32)17-5-6-18-24-19(8-9-25(17,18)2)26(3)15(11-21(24)29)10-16(28)12-20(26)22(30)13-27;/h2*14-21,24,28-29H,4-13,27H2,1-3H3,(H,31,32);/q;;+2/p-2/t2*14-,15?,16+,17-,18?,19?,20?,21-,24?,25-,26+;/m11./s1. The molecule has 0 saturated heterocycles. The van der Waals surface area contributed by atoms with Crippen LogP contribution in [0.2, 0.25) is 0 Å². The summed E-state index contributed by atoms with van der Waals surface area (Å²) in [6, 6.07) is 0. The number of carbonyl (C=O) groups excluding carboxylic acids is 4. The number of carboxylic acids is 2. The molecule has 370 valence electrons. The number of nitrogens with two attached hydrogens (primary N) is 2. The van der Waals surface area contributed by atoms with Gasteiger partial charge in [0.2, 0.25) is 0 Å². The maximum absolute atomic E-state index is 12.9. The molecular formula is C52H84FeN2O10. The summed E-state index contributed by atoms with van der Waals surface area (Å²) in [6.07, 6.45) is 11.7. The molecule has 8 fully saturated rings. The van der Waals surface area contributed by atoms with Gasteiger partial charge in [-0.25, -0.2) is 0 Å². The van der Waals surface area contributed by atoms with Gasteiger partial charge in [0.25, 0.3) is 0 Å². The third-order valence-corrected chi connectivity index (χ3v) is 21.9. The van der Waals surface area contributed by atoms with Crippen LogP contribution in [0.1, 0.15) is 157 Å². The molecule has 8 saturated carbocycles. The van der Waals surface area contributed by atoms with Crippen LogP contribution in [0, 0.1) is 105 Å². The first-order chi connectivity index (χ1) is 30.1. The molecule has 8 aliphatic rings. The monoisotopic (exact) mass is 953 g/mol. The Kier molecular flexibility index (Phi) is 16.4. The molecule has 13 heteroatoms. The van der Waals surface area contributed by atoms with E-state index in [1.165, 1.54) is 0 Å². The van der Waals surface area contributed by atoms with Gasteiger partial charge in [-0.2, -0.15) is 0 Å². The third-order valence-electron chi connectivity index (χ3n) is 21.9. The minimum absolute atomic E-state index is 0. The molecule has 0 heterocycles. The Morgan fingerprint density at radius 1 is 0.554 bits per heavy atom. The molecule has 0 bridgehead atoms. The van der Waals surface area contributed by atoms with Gasteiger partial charge in [-0.15, -0.1) is 0 Å². The van der Waals surface area contributed by atoms with E-state index in [1.54, 1.807) is 0 Å². The van der Waals surface area contributed by atoms with Crippen molar-refractivity contribution >= 4 is 23.5 Å². The topological polar surface area (TPSA) is 247 Å². The molecule has 65 heavy (non-hydrogen) atoms. The van der Waals surface area contributed by atoms with Crippen molar-refractivity contribution in [3.8, 4) is 0 Å². The molecule has 22 atom stereocenters. The molecule has 0 aromatic carbocycles. The average Bonchev–Trinajstić information content (AvgIpc) is 3.79. The normalized spacial score (nSPS) is 48.2. The first kappa shape index (κ1) is 52.9. The maximum atomic E-state index is 12.9. The molecule has 8 aliphatic carbocycles. The predicted octanol–water partition coefficient (Wildman–Crippen LogP) is 3.79. The number of carboxylic acid groups (broad SMARTS) is 2. The second-order valence-electron chi connectivity index (χ2n) is 24.2. The molecule has 0 spiro atoms. The molecule has 0 radical (unpaired) electrons. The summed E-state index contributed by atoms with van der Waals surface area (Å²) in [4.78, 5) is 47.9. The quantitative estimate of drug-likeness (QED) is 0.153. The number of aliphatic hydroxyl groups excluding tert-OH is 4. The maximum Gasteiger partial charge on any atom is 2.00 e. The van der Waals surface area contributed by atoms with Crippen LogP contribution < -0.4 is 21.7 Å².